The van der Waals surface area contributed by atoms with Gasteiger partial charge in [-0.1, -0.05) is 6.92 Å². The molecule has 0 bridgehead atoms. The molecule has 1 fully saturated rings. The average Bonchev–Trinajstić information content (AvgIpc) is 3.07. The second-order valence-corrected chi connectivity index (χ2v) is 8.53. The van der Waals surface area contributed by atoms with Gasteiger partial charge >= 0.3 is 0 Å². The number of guanidine groups is 1. The van der Waals surface area contributed by atoms with Crippen LogP contribution in [-0.4, -0.2) is 72.4 Å². The van der Waals surface area contributed by atoms with E-state index in [-0.39, 0.29) is 0 Å². The smallest absolute Gasteiger partial charge is 0.211 e. The number of hydrogen-bond donors (Lipinski definition) is 2. The highest BCUT2D eigenvalue weighted by atomic mass is 32.2. The maximum atomic E-state index is 11.6. The number of rotatable bonds is 8. The Balaban J connectivity index is 1.79. The molecule has 9 nitrogen and oxygen atoms in total. The second-order valence-electron chi connectivity index (χ2n) is 6.55. The van der Waals surface area contributed by atoms with E-state index in [9.17, 15) is 8.42 Å². The van der Waals surface area contributed by atoms with Crippen LogP contribution in [0.25, 0.3) is 0 Å². The van der Waals surface area contributed by atoms with Gasteiger partial charge in [0.05, 0.1) is 6.26 Å². The first-order chi connectivity index (χ1) is 12.4. The van der Waals surface area contributed by atoms with Crippen LogP contribution in [0.1, 0.15) is 32.5 Å². The lowest BCUT2D eigenvalue weighted by Crippen LogP contribution is -2.40. The first-order valence-electron chi connectivity index (χ1n) is 9.28. The van der Waals surface area contributed by atoms with Gasteiger partial charge in [-0.3, -0.25) is 4.99 Å². The zero-order chi connectivity index (χ0) is 19.0. The molecule has 0 spiro atoms. The molecule has 0 aromatic carbocycles. The Hall–Kier alpha value is -1.68. The van der Waals surface area contributed by atoms with E-state index < -0.39 is 10.0 Å². The number of sulfonamides is 1. The number of aryl methyl sites for hydroxylation is 1. The van der Waals surface area contributed by atoms with Gasteiger partial charge in [0, 0.05) is 45.7 Å². The Morgan fingerprint density at radius 3 is 2.65 bits per heavy atom. The van der Waals surface area contributed by atoms with Gasteiger partial charge in [0.1, 0.15) is 12.2 Å². The molecular formula is C16H31N7O2S. The second kappa shape index (κ2) is 9.86. The van der Waals surface area contributed by atoms with E-state index in [2.05, 4.69) is 32.7 Å². The third-order valence-electron chi connectivity index (χ3n) is 4.55. The van der Waals surface area contributed by atoms with E-state index in [0.29, 0.717) is 25.6 Å². The fraction of sp³-hybridized carbons (Fsp3) is 0.812. The number of nitrogens with one attached hydrogen (secondary N) is 2. The first-order valence-corrected chi connectivity index (χ1v) is 11.1. The van der Waals surface area contributed by atoms with Crippen molar-refractivity contribution in [1.82, 2.24) is 29.7 Å². The predicted octanol–water partition coefficient (Wildman–Crippen LogP) is 0.0672. The molecule has 10 heteroatoms. The summed E-state index contributed by atoms with van der Waals surface area (Å²) in [5.74, 6) is 2.20. The van der Waals surface area contributed by atoms with Gasteiger partial charge in [-0.25, -0.2) is 12.7 Å². The molecule has 0 radical (unpaired) electrons. The van der Waals surface area contributed by atoms with Gasteiger partial charge in [-0.15, -0.1) is 10.2 Å². The van der Waals surface area contributed by atoms with Gasteiger partial charge in [0.15, 0.2) is 5.96 Å². The molecule has 26 heavy (non-hydrogen) atoms. The van der Waals surface area contributed by atoms with Crippen molar-refractivity contribution in [1.29, 1.82) is 0 Å². The maximum Gasteiger partial charge on any atom is 0.211 e. The van der Waals surface area contributed by atoms with Gasteiger partial charge < -0.3 is 15.2 Å². The molecule has 148 valence electrons. The molecule has 1 aromatic rings. The highest BCUT2D eigenvalue weighted by Crippen LogP contribution is 2.19. The van der Waals surface area contributed by atoms with Gasteiger partial charge in [0.25, 0.3) is 0 Å². The molecule has 2 heterocycles. The lowest BCUT2D eigenvalue weighted by Gasteiger charge is -2.29. The largest absolute Gasteiger partial charge is 0.357 e. The normalized spacial score (nSPS) is 17.4. The van der Waals surface area contributed by atoms with Gasteiger partial charge in [0.2, 0.25) is 10.0 Å². The van der Waals surface area contributed by atoms with Crippen molar-refractivity contribution in [3.05, 3.63) is 12.2 Å². The van der Waals surface area contributed by atoms with Crippen LogP contribution in [0.2, 0.25) is 0 Å². The lowest BCUT2D eigenvalue weighted by molar-refractivity contribution is 0.280. The van der Waals surface area contributed by atoms with Crippen molar-refractivity contribution in [3.8, 4) is 0 Å². The van der Waals surface area contributed by atoms with Crippen LogP contribution in [0.5, 0.6) is 0 Å². The molecule has 1 aromatic heterocycles. The summed E-state index contributed by atoms with van der Waals surface area (Å²) in [5.41, 5.74) is 0. The fourth-order valence-electron chi connectivity index (χ4n) is 3.02. The molecule has 2 rings (SSSR count). The Morgan fingerprint density at radius 2 is 2.04 bits per heavy atom. The Kier molecular flexibility index (Phi) is 7.83. The monoisotopic (exact) mass is 385 g/mol. The molecule has 1 aliphatic heterocycles. The van der Waals surface area contributed by atoms with Crippen molar-refractivity contribution in [3.63, 3.8) is 0 Å². The molecule has 1 saturated heterocycles. The van der Waals surface area contributed by atoms with Crippen molar-refractivity contribution in [2.45, 2.75) is 39.7 Å². The molecule has 0 atom stereocenters. The summed E-state index contributed by atoms with van der Waals surface area (Å²) in [4.78, 5) is 4.67. The van der Waals surface area contributed by atoms with Crippen LogP contribution < -0.4 is 10.6 Å². The van der Waals surface area contributed by atoms with E-state index >= 15 is 0 Å². The van der Waals surface area contributed by atoms with E-state index in [1.807, 2.05) is 11.5 Å². The van der Waals surface area contributed by atoms with Crippen LogP contribution in [0.3, 0.4) is 0 Å². The minimum atomic E-state index is -3.07. The predicted molar refractivity (Wildman–Crippen MR) is 103 cm³/mol. The lowest BCUT2D eigenvalue weighted by atomic mass is 9.98. The Bertz CT molecular complexity index is 679. The minimum Gasteiger partial charge on any atom is -0.357 e. The summed E-state index contributed by atoms with van der Waals surface area (Å²) < 4.78 is 26.7. The molecule has 0 saturated carbocycles. The van der Waals surface area contributed by atoms with Crippen LogP contribution in [0, 0.1) is 5.92 Å². The van der Waals surface area contributed by atoms with Crippen LogP contribution in [0.15, 0.2) is 11.3 Å². The summed E-state index contributed by atoms with van der Waals surface area (Å²) in [6, 6.07) is 0. The summed E-state index contributed by atoms with van der Waals surface area (Å²) in [6.07, 6.45) is 5.60. The standard InChI is InChI=1S/C16H31N7O2S/c1-4-15-21-20-13-22(15)11-8-18-16(17-5-2)19-12-14-6-9-23(10-7-14)26(3,24)25/h13-14H,4-12H2,1-3H3,(H2,17,18,19). The van der Waals surface area contributed by atoms with Crippen molar-refractivity contribution >= 4 is 16.0 Å². The Labute approximate surface area is 156 Å². The van der Waals surface area contributed by atoms with E-state index in [0.717, 1.165) is 50.7 Å². The van der Waals surface area contributed by atoms with Crippen molar-refractivity contribution < 1.29 is 8.42 Å². The van der Waals surface area contributed by atoms with Crippen LogP contribution in [0.4, 0.5) is 0 Å². The zero-order valence-corrected chi connectivity index (χ0v) is 16.8. The number of aliphatic imine (C=N–C) groups is 1. The van der Waals surface area contributed by atoms with E-state index in [1.165, 1.54) is 6.26 Å². The summed E-state index contributed by atoms with van der Waals surface area (Å²) in [5, 5.41) is 14.6. The SMILES string of the molecule is CCNC(=NCC1CCN(S(C)(=O)=O)CC1)NCCn1cnnc1CC. The molecule has 0 amide bonds. The van der Waals surface area contributed by atoms with Gasteiger partial charge in [-0.05, 0) is 25.7 Å². The first kappa shape index (κ1) is 20.6. The van der Waals surface area contributed by atoms with Crippen LogP contribution in [-0.2, 0) is 23.0 Å². The third-order valence-corrected chi connectivity index (χ3v) is 5.85. The molecular weight excluding hydrogens is 354 g/mol. The quantitative estimate of drug-likeness (QED) is 0.485. The number of nitrogens with zero attached hydrogens (tertiary/aromatic N) is 5. The molecule has 2 N–H and O–H groups in total. The van der Waals surface area contributed by atoms with Crippen molar-refractivity contribution in [2.24, 2.45) is 10.9 Å². The van der Waals surface area contributed by atoms with E-state index in [1.54, 1.807) is 10.6 Å². The number of hydrogen-bond acceptors (Lipinski definition) is 5. The summed E-state index contributed by atoms with van der Waals surface area (Å²) in [7, 11) is -3.07. The maximum absolute atomic E-state index is 11.6. The topological polar surface area (TPSA) is 105 Å². The molecule has 0 aliphatic carbocycles. The molecule has 0 unspecified atom stereocenters. The zero-order valence-electron chi connectivity index (χ0n) is 16.0. The number of aromatic nitrogens is 3. The fourth-order valence-corrected chi connectivity index (χ4v) is 3.89. The van der Waals surface area contributed by atoms with Gasteiger partial charge in [-0.2, -0.15) is 0 Å². The summed E-state index contributed by atoms with van der Waals surface area (Å²) in [6.45, 7) is 8.32. The minimum absolute atomic E-state index is 0.424. The van der Waals surface area contributed by atoms with E-state index in [4.69, 9.17) is 0 Å². The highest BCUT2D eigenvalue weighted by Gasteiger charge is 2.24. The highest BCUT2D eigenvalue weighted by molar-refractivity contribution is 7.88. The third kappa shape index (κ3) is 6.24. The van der Waals surface area contributed by atoms with Crippen LogP contribution >= 0.6 is 0 Å². The molecule has 1 aliphatic rings. The summed E-state index contributed by atoms with van der Waals surface area (Å²) >= 11 is 0. The Morgan fingerprint density at radius 1 is 1.31 bits per heavy atom. The number of piperidine rings is 1. The van der Waals surface area contributed by atoms with Crippen molar-refractivity contribution in [2.75, 3.05) is 39.0 Å². The average molecular weight is 386 g/mol.